The van der Waals surface area contributed by atoms with Gasteiger partial charge in [-0.3, -0.25) is 24.0 Å². The first-order valence-electron chi connectivity index (χ1n) is 23.1. The molecule has 2 amide bonds. The van der Waals surface area contributed by atoms with E-state index in [0.29, 0.717) is 32.9 Å². The zero-order chi connectivity index (χ0) is 52.9. The summed E-state index contributed by atoms with van der Waals surface area (Å²) < 4.78 is 44.9. The summed E-state index contributed by atoms with van der Waals surface area (Å²) in [5.41, 5.74) is 12.3. The number of carbonyl (C=O) groups is 6. The number of rotatable bonds is 19. The molecular formula is C52H54ClN5O15. The van der Waals surface area contributed by atoms with E-state index >= 15 is 0 Å². The van der Waals surface area contributed by atoms with E-state index < -0.39 is 66.7 Å². The number of hydrogen-bond acceptors (Lipinski definition) is 16. The number of ether oxygens (including phenoxy) is 7. The molecule has 5 aromatic rings. The van der Waals surface area contributed by atoms with Crippen molar-refractivity contribution in [3.63, 3.8) is 0 Å². The summed E-state index contributed by atoms with van der Waals surface area (Å²) in [4.78, 5) is 96.1. The van der Waals surface area contributed by atoms with E-state index in [-0.39, 0.29) is 66.8 Å². The first-order valence-corrected chi connectivity index (χ1v) is 23.4. The first-order chi connectivity index (χ1) is 34.9. The monoisotopic (exact) mass is 1020 g/mol. The summed E-state index contributed by atoms with van der Waals surface area (Å²) in [5, 5.41) is 7.11. The van der Waals surface area contributed by atoms with Crippen LogP contribution < -0.4 is 15.5 Å². The van der Waals surface area contributed by atoms with Crippen molar-refractivity contribution in [1.29, 1.82) is 0 Å². The standard InChI is InChI=1S/C52H54ClN5O15/c1-28(2)42(44-38(24-33-12-9-8-10-13-33)43(62)37-20-19-36(53)26-41(37)71-44)58(49(63)35-17-14-29(3)15-18-35)23-11-22-55-52(65)67-27-34-16-21-40(39(25-34)56-57-54)72-51-48(70-32(6)61)46(69-31(5)60)45(68-30(4)59)47(73-51)50(64)66-7/h8-10,12-21,25-26,28,42,45-48,51H,11,22-24,27H2,1-7H3,(H,55,65)/t42-,45+,46+,47?,48?,51-/m1/s1. The summed E-state index contributed by atoms with van der Waals surface area (Å²) in [6, 6.07) is 24.8. The van der Waals surface area contributed by atoms with E-state index in [0.717, 1.165) is 39.0 Å². The van der Waals surface area contributed by atoms with Crippen LogP contribution in [0.4, 0.5) is 10.5 Å². The lowest BCUT2D eigenvalue weighted by atomic mass is 9.91. The number of methoxy groups -OCH3 is 1. The van der Waals surface area contributed by atoms with Crippen LogP contribution in [0.2, 0.25) is 5.02 Å². The van der Waals surface area contributed by atoms with E-state index in [1.807, 2.05) is 63.2 Å². The predicted octanol–water partition coefficient (Wildman–Crippen LogP) is 8.52. The third kappa shape index (κ3) is 13.9. The van der Waals surface area contributed by atoms with Gasteiger partial charge >= 0.3 is 30.0 Å². The van der Waals surface area contributed by atoms with E-state index in [4.69, 9.17) is 49.2 Å². The molecule has 1 fully saturated rings. The fourth-order valence-electron chi connectivity index (χ4n) is 8.28. The van der Waals surface area contributed by atoms with Crippen LogP contribution in [0.15, 0.2) is 105 Å². The quantitative estimate of drug-likeness (QED) is 0.0203. The SMILES string of the molecule is COC(=O)C1O[C@@H](Oc2ccc(COC(=O)NCCCN(C(=O)c3ccc(C)cc3)[C@@H](c3oc4cc(Cl)ccc4c(=O)c3Cc3ccccc3)C(C)C)cc2N=[N+]=[N-])C(OC(C)=O)[C@@H](OC(C)=O)[C@@H]1OC(C)=O. The predicted molar refractivity (Wildman–Crippen MR) is 263 cm³/mol. The minimum atomic E-state index is -1.75. The van der Waals surface area contributed by atoms with Gasteiger partial charge in [0.15, 0.2) is 23.7 Å². The van der Waals surface area contributed by atoms with Gasteiger partial charge in [-0.2, -0.15) is 0 Å². The number of halogens is 1. The smallest absolute Gasteiger partial charge is 0.407 e. The molecule has 73 heavy (non-hydrogen) atoms. The highest BCUT2D eigenvalue weighted by atomic mass is 35.5. The number of aryl methyl sites for hydroxylation is 1. The Morgan fingerprint density at radius 1 is 0.849 bits per heavy atom. The molecule has 6 atom stereocenters. The average Bonchev–Trinajstić information content (AvgIpc) is 3.34. The number of esters is 4. The molecule has 20 nitrogen and oxygen atoms in total. The molecule has 1 aromatic heterocycles. The first kappa shape index (κ1) is 54.4. The fraction of sp³-hybridized carbons (Fsp3) is 0.365. The number of amides is 2. The van der Waals surface area contributed by atoms with Crippen molar-refractivity contribution in [2.24, 2.45) is 11.0 Å². The Bertz CT molecular complexity index is 2940. The lowest BCUT2D eigenvalue weighted by Gasteiger charge is -2.43. The molecular weight excluding hydrogens is 970 g/mol. The Labute approximate surface area is 424 Å². The Balaban J connectivity index is 1.20. The molecule has 2 heterocycles. The molecule has 2 unspecified atom stereocenters. The molecule has 1 N–H and O–H groups in total. The molecule has 384 valence electrons. The number of fused-ring (bicyclic) bond motifs is 1. The summed E-state index contributed by atoms with van der Waals surface area (Å²) in [6.07, 6.45) is -8.76. The maximum Gasteiger partial charge on any atom is 0.407 e. The minimum absolute atomic E-state index is 0.0519. The van der Waals surface area contributed by atoms with Gasteiger partial charge in [0.2, 0.25) is 12.4 Å². The van der Waals surface area contributed by atoms with Crippen LogP contribution >= 0.6 is 11.6 Å². The minimum Gasteiger partial charge on any atom is -0.467 e. The van der Waals surface area contributed by atoms with Crippen LogP contribution in [0.5, 0.6) is 5.75 Å². The summed E-state index contributed by atoms with van der Waals surface area (Å²) in [7, 11) is 1.04. The second-order valence-electron chi connectivity index (χ2n) is 17.3. The number of hydrogen-bond donors (Lipinski definition) is 1. The van der Waals surface area contributed by atoms with Gasteiger partial charge in [-0.1, -0.05) is 84.7 Å². The lowest BCUT2D eigenvalue weighted by Crippen LogP contribution is -2.64. The van der Waals surface area contributed by atoms with E-state index in [1.165, 1.54) is 18.2 Å². The van der Waals surface area contributed by atoms with Crippen molar-refractivity contribution < 1.29 is 66.3 Å². The number of benzene rings is 4. The largest absolute Gasteiger partial charge is 0.467 e. The van der Waals surface area contributed by atoms with Gasteiger partial charge in [0, 0.05) is 67.4 Å². The van der Waals surface area contributed by atoms with Crippen molar-refractivity contribution >= 4 is 64.1 Å². The van der Waals surface area contributed by atoms with Crippen LogP contribution in [-0.2, 0) is 60.6 Å². The van der Waals surface area contributed by atoms with Gasteiger partial charge in [-0.25, -0.2) is 9.59 Å². The van der Waals surface area contributed by atoms with E-state index in [2.05, 4.69) is 15.3 Å². The molecule has 6 rings (SSSR count). The molecule has 4 aromatic carbocycles. The van der Waals surface area contributed by atoms with Crippen LogP contribution in [0.3, 0.4) is 0 Å². The topological polar surface area (TPSA) is 261 Å². The Kier molecular flexibility index (Phi) is 18.6. The molecule has 0 radical (unpaired) electrons. The summed E-state index contributed by atoms with van der Waals surface area (Å²) in [5.74, 6) is -4.17. The van der Waals surface area contributed by atoms with Gasteiger partial charge < -0.3 is 47.8 Å². The van der Waals surface area contributed by atoms with Crippen LogP contribution in [0, 0.1) is 12.8 Å². The lowest BCUT2D eigenvalue weighted by molar-refractivity contribution is -0.282. The van der Waals surface area contributed by atoms with Gasteiger partial charge in [-0.15, -0.1) is 0 Å². The number of alkyl carbamates (subject to hydrolysis) is 1. The number of nitrogens with zero attached hydrogens (tertiary/aromatic N) is 4. The highest BCUT2D eigenvalue weighted by molar-refractivity contribution is 6.31. The van der Waals surface area contributed by atoms with E-state index in [9.17, 15) is 39.1 Å². The Hall–Kier alpha value is -7.93. The molecule has 21 heteroatoms. The maximum atomic E-state index is 14.6. The molecule has 1 aliphatic rings. The maximum absolute atomic E-state index is 14.6. The van der Waals surface area contributed by atoms with Crippen LogP contribution in [0.1, 0.15) is 85.5 Å². The fourth-order valence-corrected chi connectivity index (χ4v) is 8.44. The molecule has 0 aliphatic carbocycles. The van der Waals surface area contributed by atoms with Crippen LogP contribution in [-0.4, -0.2) is 91.7 Å². The van der Waals surface area contributed by atoms with Gasteiger partial charge in [0.05, 0.1) is 24.2 Å². The number of azide groups is 1. The van der Waals surface area contributed by atoms with Gasteiger partial charge in [0.25, 0.3) is 5.91 Å². The summed E-state index contributed by atoms with van der Waals surface area (Å²) >= 11 is 6.39. The third-order valence-corrected chi connectivity index (χ3v) is 11.7. The van der Waals surface area contributed by atoms with E-state index in [1.54, 1.807) is 35.2 Å². The summed E-state index contributed by atoms with van der Waals surface area (Å²) in [6.45, 7) is 8.74. The van der Waals surface area contributed by atoms with Crippen molar-refractivity contribution in [1.82, 2.24) is 10.2 Å². The zero-order valence-corrected chi connectivity index (χ0v) is 41.8. The normalized spacial score (nSPS) is 17.6. The molecule has 1 saturated heterocycles. The number of carbonyl (C=O) groups excluding carboxylic acids is 6. The zero-order valence-electron chi connectivity index (χ0n) is 41.0. The van der Waals surface area contributed by atoms with Crippen molar-refractivity contribution in [3.05, 3.63) is 150 Å². The highest BCUT2D eigenvalue weighted by Crippen LogP contribution is 2.37. The van der Waals surface area contributed by atoms with Crippen molar-refractivity contribution in [2.75, 3.05) is 20.2 Å². The second-order valence-corrected chi connectivity index (χ2v) is 17.7. The molecule has 0 bridgehead atoms. The Morgan fingerprint density at radius 2 is 1.52 bits per heavy atom. The molecule has 0 spiro atoms. The highest BCUT2D eigenvalue weighted by Gasteiger charge is 2.56. The second kappa shape index (κ2) is 24.9. The molecule has 1 aliphatic heterocycles. The molecule has 0 saturated carbocycles. The van der Waals surface area contributed by atoms with Crippen molar-refractivity contribution in [2.45, 2.75) is 97.7 Å². The van der Waals surface area contributed by atoms with Crippen molar-refractivity contribution in [3.8, 4) is 5.75 Å². The van der Waals surface area contributed by atoms with Crippen LogP contribution in [0.25, 0.3) is 21.4 Å². The van der Waals surface area contributed by atoms with Gasteiger partial charge in [0.1, 0.15) is 23.7 Å². The Morgan fingerprint density at radius 3 is 2.16 bits per heavy atom. The third-order valence-electron chi connectivity index (χ3n) is 11.5. The number of nitrogens with one attached hydrogen (secondary N) is 1. The average molecular weight is 1020 g/mol. The van der Waals surface area contributed by atoms with Gasteiger partial charge in [-0.05, 0) is 72.3 Å².